The molecule has 1 atom stereocenters. The van der Waals surface area contributed by atoms with Crippen molar-refractivity contribution in [2.24, 2.45) is 0 Å². The Balaban J connectivity index is 3.78. The van der Waals surface area contributed by atoms with Gasteiger partial charge in [0.05, 0.1) is 0 Å². The van der Waals surface area contributed by atoms with E-state index in [-0.39, 0.29) is 25.2 Å². The predicted octanol–water partition coefficient (Wildman–Crippen LogP) is 0.678. The first kappa shape index (κ1) is 16.0. The Hall–Kier alpha value is -0.960. The number of rotatable bonds is 8. The van der Waals surface area contributed by atoms with E-state index in [9.17, 15) is 13.2 Å². The molecular weight excluding hydrogens is 252 g/mol. The largest absolute Gasteiger partial charge is 0.460 e. The van der Waals surface area contributed by atoms with Gasteiger partial charge in [0.1, 0.15) is 13.2 Å². The molecule has 0 radical (unpaired) electrons. The third kappa shape index (κ3) is 7.05. The molecule has 1 N–H and O–H groups in total. The quantitative estimate of drug-likeness (QED) is 0.172. The molecule has 0 saturated carbocycles. The molecule has 0 saturated heterocycles. The van der Waals surface area contributed by atoms with Gasteiger partial charge in [-0.1, -0.05) is 13.5 Å². The molecule has 17 heavy (non-hydrogen) atoms. The van der Waals surface area contributed by atoms with Crippen LogP contribution in [-0.4, -0.2) is 37.6 Å². The molecule has 0 aromatic carbocycles. The van der Waals surface area contributed by atoms with Gasteiger partial charge >= 0.3 is 5.97 Å². The van der Waals surface area contributed by atoms with Gasteiger partial charge in [-0.3, -0.25) is 4.55 Å². The SMILES string of the molecule is C=C(C)C(=O)OCCOOC(CC)S(=O)(=O)O. The molecule has 1 unspecified atom stereocenters. The molecule has 0 aromatic rings. The van der Waals surface area contributed by atoms with E-state index in [1.54, 1.807) is 0 Å². The van der Waals surface area contributed by atoms with Gasteiger partial charge in [0.25, 0.3) is 10.1 Å². The lowest BCUT2D eigenvalue weighted by molar-refractivity contribution is -0.310. The van der Waals surface area contributed by atoms with Crippen molar-refractivity contribution < 1.29 is 32.3 Å². The number of esters is 1. The maximum atomic E-state index is 10.9. The Morgan fingerprint density at radius 1 is 1.41 bits per heavy atom. The fraction of sp³-hybridized carbons (Fsp3) is 0.667. The third-order valence-electron chi connectivity index (χ3n) is 1.59. The molecule has 0 aliphatic rings. The van der Waals surface area contributed by atoms with E-state index in [2.05, 4.69) is 21.1 Å². The minimum Gasteiger partial charge on any atom is -0.460 e. The zero-order chi connectivity index (χ0) is 13.5. The highest BCUT2D eigenvalue weighted by molar-refractivity contribution is 7.86. The smallest absolute Gasteiger partial charge is 0.333 e. The van der Waals surface area contributed by atoms with Crippen LogP contribution in [0.25, 0.3) is 0 Å². The zero-order valence-electron chi connectivity index (χ0n) is 9.71. The van der Waals surface area contributed by atoms with Crippen molar-refractivity contribution in [3.63, 3.8) is 0 Å². The van der Waals surface area contributed by atoms with Crippen LogP contribution in [0.5, 0.6) is 0 Å². The maximum Gasteiger partial charge on any atom is 0.333 e. The molecule has 0 fully saturated rings. The molecule has 0 amide bonds. The van der Waals surface area contributed by atoms with Crippen molar-refractivity contribution in [2.45, 2.75) is 25.7 Å². The lowest BCUT2D eigenvalue weighted by atomic mass is 10.4. The lowest BCUT2D eigenvalue weighted by Gasteiger charge is -2.11. The predicted molar refractivity (Wildman–Crippen MR) is 58.4 cm³/mol. The zero-order valence-corrected chi connectivity index (χ0v) is 10.5. The maximum absolute atomic E-state index is 10.9. The highest BCUT2D eigenvalue weighted by Crippen LogP contribution is 2.05. The summed E-state index contributed by atoms with van der Waals surface area (Å²) >= 11 is 0. The fourth-order valence-electron chi connectivity index (χ4n) is 0.744. The van der Waals surface area contributed by atoms with E-state index in [1.165, 1.54) is 13.8 Å². The molecule has 0 rings (SSSR count). The second kappa shape index (κ2) is 7.38. The molecule has 0 aliphatic heterocycles. The van der Waals surface area contributed by atoms with Crippen molar-refractivity contribution in [1.29, 1.82) is 0 Å². The van der Waals surface area contributed by atoms with Gasteiger partial charge in [0, 0.05) is 5.57 Å². The molecular formula is C9H16O7S. The van der Waals surface area contributed by atoms with Crippen LogP contribution in [0.4, 0.5) is 0 Å². The van der Waals surface area contributed by atoms with Crippen LogP contribution in [0.15, 0.2) is 12.2 Å². The number of carbonyl (C=O) groups is 1. The number of hydrogen-bond acceptors (Lipinski definition) is 6. The third-order valence-corrected chi connectivity index (χ3v) is 2.67. The van der Waals surface area contributed by atoms with Crippen LogP contribution in [0.1, 0.15) is 20.3 Å². The normalized spacial score (nSPS) is 13.1. The van der Waals surface area contributed by atoms with Crippen molar-refractivity contribution in [1.82, 2.24) is 0 Å². The lowest BCUT2D eigenvalue weighted by Crippen LogP contribution is -2.24. The Morgan fingerprint density at radius 3 is 2.41 bits per heavy atom. The van der Waals surface area contributed by atoms with Gasteiger partial charge in [-0.05, 0) is 13.3 Å². The number of carbonyl (C=O) groups excluding carboxylic acids is 1. The summed E-state index contributed by atoms with van der Waals surface area (Å²) in [7, 11) is -4.30. The second-order valence-corrected chi connectivity index (χ2v) is 4.74. The van der Waals surface area contributed by atoms with E-state index in [4.69, 9.17) is 4.55 Å². The monoisotopic (exact) mass is 268 g/mol. The minimum atomic E-state index is -4.30. The molecule has 0 spiro atoms. The first-order valence-corrected chi connectivity index (χ1v) is 6.36. The Morgan fingerprint density at radius 2 is 2.00 bits per heavy atom. The summed E-state index contributed by atoms with van der Waals surface area (Å²) in [5.74, 6) is -0.574. The molecule has 0 heterocycles. The standard InChI is InChI=1S/C9H16O7S/c1-4-8(17(11,12)13)16-15-6-5-14-9(10)7(2)3/h8H,2,4-6H2,1,3H3,(H,11,12,13). The number of hydrogen-bond donors (Lipinski definition) is 1. The van der Waals surface area contributed by atoms with E-state index < -0.39 is 21.5 Å². The van der Waals surface area contributed by atoms with Gasteiger partial charge in [-0.25, -0.2) is 14.6 Å². The van der Waals surface area contributed by atoms with Gasteiger partial charge < -0.3 is 4.74 Å². The minimum absolute atomic E-state index is 0.0321. The topological polar surface area (TPSA) is 99.1 Å². The molecule has 0 bridgehead atoms. The van der Waals surface area contributed by atoms with Gasteiger partial charge in [0.2, 0.25) is 5.44 Å². The first-order valence-electron chi connectivity index (χ1n) is 4.86. The van der Waals surface area contributed by atoms with E-state index in [1.807, 2.05) is 0 Å². The van der Waals surface area contributed by atoms with E-state index >= 15 is 0 Å². The fourth-order valence-corrected chi connectivity index (χ4v) is 1.32. The van der Waals surface area contributed by atoms with Gasteiger partial charge in [0.15, 0.2) is 0 Å². The molecule has 7 nitrogen and oxygen atoms in total. The van der Waals surface area contributed by atoms with Crippen molar-refractivity contribution in [3.8, 4) is 0 Å². The second-order valence-electron chi connectivity index (χ2n) is 3.19. The van der Waals surface area contributed by atoms with Crippen molar-refractivity contribution in [3.05, 3.63) is 12.2 Å². The molecule has 100 valence electrons. The van der Waals surface area contributed by atoms with Crippen molar-refractivity contribution >= 4 is 16.1 Å². The summed E-state index contributed by atoms with van der Waals surface area (Å²) in [6, 6.07) is 0. The summed E-state index contributed by atoms with van der Waals surface area (Å²) in [6.07, 6.45) is 0.0321. The number of ether oxygens (including phenoxy) is 1. The average Bonchev–Trinajstić information content (AvgIpc) is 2.20. The molecule has 8 heteroatoms. The van der Waals surface area contributed by atoms with Crippen LogP contribution in [-0.2, 0) is 29.4 Å². The Bertz CT molecular complexity index is 360. The van der Waals surface area contributed by atoms with Crippen LogP contribution >= 0.6 is 0 Å². The summed E-state index contributed by atoms with van der Waals surface area (Å²) in [5.41, 5.74) is -1.20. The molecule has 0 aliphatic carbocycles. The van der Waals surface area contributed by atoms with Gasteiger partial charge in [-0.15, -0.1) is 0 Å². The van der Waals surface area contributed by atoms with E-state index in [0.717, 1.165) is 0 Å². The average molecular weight is 268 g/mol. The first-order chi connectivity index (χ1) is 7.79. The highest BCUT2D eigenvalue weighted by atomic mass is 32.2. The summed E-state index contributed by atoms with van der Waals surface area (Å²) in [4.78, 5) is 19.8. The Kier molecular flexibility index (Phi) is 6.97. The summed E-state index contributed by atoms with van der Waals surface area (Å²) < 4.78 is 34.7. The van der Waals surface area contributed by atoms with E-state index in [0.29, 0.717) is 0 Å². The Labute approximate surface area is 100 Å². The molecule has 0 aromatic heterocycles. The van der Waals surface area contributed by atoms with Crippen LogP contribution < -0.4 is 0 Å². The van der Waals surface area contributed by atoms with Crippen molar-refractivity contribution in [2.75, 3.05) is 13.2 Å². The van der Waals surface area contributed by atoms with Crippen LogP contribution in [0.2, 0.25) is 0 Å². The van der Waals surface area contributed by atoms with Crippen LogP contribution in [0, 0.1) is 0 Å². The van der Waals surface area contributed by atoms with Crippen LogP contribution in [0.3, 0.4) is 0 Å². The highest BCUT2D eigenvalue weighted by Gasteiger charge is 2.22. The summed E-state index contributed by atoms with van der Waals surface area (Å²) in [6.45, 7) is 6.11. The summed E-state index contributed by atoms with van der Waals surface area (Å²) in [5, 5.41) is 0. The van der Waals surface area contributed by atoms with Gasteiger partial charge in [-0.2, -0.15) is 8.42 Å².